The van der Waals surface area contributed by atoms with E-state index >= 15 is 0 Å². The van der Waals surface area contributed by atoms with Crippen molar-refractivity contribution in [2.75, 3.05) is 13.7 Å². The fourth-order valence-corrected chi connectivity index (χ4v) is 2.97. The standard InChI is InChI=1S/C14H15ClINO2/c1-3-19-9-4-5-10(11(15)8-9)13-7-6-12(16)14(18)17(13)2/h4-5,7-8,12H,3,6H2,1-2H3. The van der Waals surface area contributed by atoms with Gasteiger partial charge in [0.15, 0.2) is 0 Å². The predicted octanol–water partition coefficient (Wildman–Crippen LogP) is 3.75. The molecule has 2 rings (SSSR count). The summed E-state index contributed by atoms with van der Waals surface area (Å²) < 4.78 is 5.42. The zero-order valence-corrected chi connectivity index (χ0v) is 13.7. The fraction of sp³-hybridized carbons (Fsp3) is 0.357. The van der Waals surface area contributed by atoms with Crippen molar-refractivity contribution in [1.82, 2.24) is 4.90 Å². The van der Waals surface area contributed by atoms with Crippen LogP contribution in [0.25, 0.3) is 5.70 Å². The van der Waals surface area contributed by atoms with Crippen LogP contribution in [0.3, 0.4) is 0 Å². The minimum absolute atomic E-state index is 0.00724. The minimum Gasteiger partial charge on any atom is -0.494 e. The van der Waals surface area contributed by atoms with Crippen LogP contribution in [-0.4, -0.2) is 28.4 Å². The van der Waals surface area contributed by atoms with Gasteiger partial charge in [-0.2, -0.15) is 0 Å². The second kappa shape index (κ2) is 6.13. The monoisotopic (exact) mass is 391 g/mol. The third-order valence-corrected chi connectivity index (χ3v) is 4.36. The van der Waals surface area contributed by atoms with Gasteiger partial charge in [-0.05, 0) is 31.5 Å². The van der Waals surface area contributed by atoms with Crippen molar-refractivity contribution >= 4 is 45.8 Å². The van der Waals surface area contributed by atoms with Crippen molar-refractivity contribution in [1.29, 1.82) is 0 Å². The van der Waals surface area contributed by atoms with Gasteiger partial charge in [-0.15, -0.1) is 0 Å². The number of ether oxygens (including phenoxy) is 1. The zero-order chi connectivity index (χ0) is 14.0. The van der Waals surface area contributed by atoms with Gasteiger partial charge < -0.3 is 9.64 Å². The van der Waals surface area contributed by atoms with Crippen LogP contribution in [0.2, 0.25) is 5.02 Å². The van der Waals surface area contributed by atoms with Gasteiger partial charge in [-0.1, -0.05) is 40.3 Å². The van der Waals surface area contributed by atoms with Crippen molar-refractivity contribution in [3.63, 3.8) is 0 Å². The molecule has 3 nitrogen and oxygen atoms in total. The molecule has 19 heavy (non-hydrogen) atoms. The second-order valence-electron chi connectivity index (χ2n) is 4.26. The molecule has 1 atom stereocenters. The Kier molecular flexibility index (Phi) is 4.73. The number of halogens is 2. The number of amides is 1. The highest BCUT2D eigenvalue weighted by atomic mass is 127. The van der Waals surface area contributed by atoms with Gasteiger partial charge in [0.05, 0.1) is 15.6 Å². The summed E-state index contributed by atoms with van der Waals surface area (Å²) in [7, 11) is 1.78. The van der Waals surface area contributed by atoms with E-state index in [9.17, 15) is 4.79 Å². The highest BCUT2D eigenvalue weighted by Gasteiger charge is 2.27. The first-order valence-corrected chi connectivity index (χ1v) is 7.71. The molecule has 0 N–H and O–H groups in total. The summed E-state index contributed by atoms with van der Waals surface area (Å²) in [5.74, 6) is 0.858. The number of rotatable bonds is 3. The van der Waals surface area contributed by atoms with Gasteiger partial charge in [0.25, 0.3) is 0 Å². The smallest absolute Gasteiger partial charge is 0.240 e. The Balaban J connectivity index is 2.34. The van der Waals surface area contributed by atoms with Gasteiger partial charge >= 0.3 is 0 Å². The van der Waals surface area contributed by atoms with Crippen LogP contribution in [0.5, 0.6) is 5.75 Å². The van der Waals surface area contributed by atoms with E-state index in [-0.39, 0.29) is 9.83 Å². The number of hydrogen-bond acceptors (Lipinski definition) is 2. The highest BCUT2D eigenvalue weighted by molar-refractivity contribution is 14.1. The van der Waals surface area contributed by atoms with Crippen molar-refractivity contribution in [3.8, 4) is 5.75 Å². The number of carbonyl (C=O) groups excluding carboxylic acids is 1. The molecule has 0 saturated heterocycles. The third kappa shape index (κ3) is 3.05. The quantitative estimate of drug-likeness (QED) is 0.580. The lowest BCUT2D eigenvalue weighted by Crippen LogP contribution is -2.35. The van der Waals surface area contributed by atoms with Gasteiger partial charge in [0, 0.05) is 18.3 Å². The van der Waals surface area contributed by atoms with Crippen molar-refractivity contribution < 1.29 is 9.53 Å². The van der Waals surface area contributed by atoms with Crippen LogP contribution in [0.1, 0.15) is 18.9 Å². The maximum atomic E-state index is 12.0. The van der Waals surface area contributed by atoms with Crippen LogP contribution >= 0.6 is 34.2 Å². The van der Waals surface area contributed by atoms with E-state index in [2.05, 4.69) is 28.7 Å². The summed E-state index contributed by atoms with van der Waals surface area (Å²) >= 11 is 8.45. The Labute approximate surface area is 131 Å². The number of allylic oxidation sites excluding steroid dienone is 1. The fourth-order valence-electron chi connectivity index (χ4n) is 2.03. The van der Waals surface area contributed by atoms with Gasteiger partial charge in [-0.3, -0.25) is 4.79 Å². The Bertz CT molecular complexity index is 530. The first kappa shape index (κ1) is 14.7. The van der Waals surface area contributed by atoms with Crippen molar-refractivity contribution in [3.05, 3.63) is 34.9 Å². The molecule has 0 radical (unpaired) electrons. The maximum Gasteiger partial charge on any atom is 0.240 e. The lowest BCUT2D eigenvalue weighted by Gasteiger charge is -2.28. The normalized spacial score (nSPS) is 19.4. The first-order valence-electron chi connectivity index (χ1n) is 6.09. The molecule has 0 saturated carbocycles. The summed E-state index contributed by atoms with van der Waals surface area (Å²) in [5.41, 5.74) is 1.73. The summed E-state index contributed by atoms with van der Waals surface area (Å²) in [5, 5.41) is 0.601. The largest absolute Gasteiger partial charge is 0.494 e. The minimum atomic E-state index is 0.00724. The number of nitrogens with zero attached hydrogens (tertiary/aromatic N) is 1. The molecule has 1 amide bonds. The molecule has 0 bridgehead atoms. The summed E-state index contributed by atoms with van der Waals surface area (Å²) in [4.78, 5) is 13.7. The lowest BCUT2D eigenvalue weighted by atomic mass is 10.0. The molecule has 1 heterocycles. The first-order chi connectivity index (χ1) is 9.04. The lowest BCUT2D eigenvalue weighted by molar-refractivity contribution is -0.126. The molecule has 0 aliphatic carbocycles. The third-order valence-electron chi connectivity index (χ3n) is 3.01. The van der Waals surface area contributed by atoms with Crippen LogP contribution in [0.15, 0.2) is 24.3 Å². The molecule has 0 fully saturated rings. The second-order valence-corrected chi connectivity index (χ2v) is 6.18. The SMILES string of the molecule is CCOc1ccc(C2=CCC(I)C(=O)N2C)c(Cl)c1. The Hall–Kier alpha value is -0.750. The van der Waals surface area contributed by atoms with E-state index in [1.807, 2.05) is 19.1 Å². The topological polar surface area (TPSA) is 29.5 Å². The van der Waals surface area contributed by atoms with E-state index < -0.39 is 0 Å². The van der Waals surface area contributed by atoms with E-state index in [1.54, 1.807) is 18.0 Å². The number of carbonyl (C=O) groups is 1. The van der Waals surface area contributed by atoms with Crippen LogP contribution in [0.4, 0.5) is 0 Å². The summed E-state index contributed by atoms with van der Waals surface area (Å²) in [6.45, 7) is 2.53. The van der Waals surface area contributed by atoms with Crippen molar-refractivity contribution in [2.24, 2.45) is 0 Å². The maximum absolute atomic E-state index is 12.0. The van der Waals surface area contributed by atoms with E-state index in [0.717, 1.165) is 23.4 Å². The van der Waals surface area contributed by atoms with Crippen LogP contribution < -0.4 is 4.74 Å². The number of benzene rings is 1. The van der Waals surface area contributed by atoms with Gasteiger partial charge in [0.1, 0.15) is 5.75 Å². The Morgan fingerprint density at radius 1 is 1.53 bits per heavy atom. The van der Waals surface area contributed by atoms with E-state index in [0.29, 0.717) is 11.6 Å². The molecule has 1 unspecified atom stereocenters. The molecule has 1 aliphatic heterocycles. The van der Waals surface area contributed by atoms with Crippen LogP contribution in [0, 0.1) is 0 Å². The predicted molar refractivity (Wildman–Crippen MR) is 85.8 cm³/mol. The van der Waals surface area contributed by atoms with Crippen molar-refractivity contribution in [2.45, 2.75) is 17.3 Å². The molecule has 0 spiro atoms. The van der Waals surface area contributed by atoms with E-state index in [4.69, 9.17) is 16.3 Å². The molecule has 102 valence electrons. The number of alkyl halides is 1. The highest BCUT2D eigenvalue weighted by Crippen LogP contribution is 2.33. The zero-order valence-electron chi connectivity index (χ0n) is 10.8. The summed E-state index contributed by atoms with van der Waals surface area (Å²) in [6, 6.07) is 5.56. The summed E-state index contributed by atoms with van der Waals surface area (Å²) in [6.07, 6.45) is 2.79. The van der Waals surface area contributed by atoms with Gasteiger partial charge in [-0.25, -0.2) is 0 Å². The van der Waals surface area contributed by atoms with Gasteiger partial charge in [0.2, 0.25) is 5.91 Å². The van der Waals surface area contributed by atoms with Crippen LogP contribution in [-0.2, 0) is 4.79 Å². The number of hydrogen-bond donors (Lipinski definition) is 0. The average molecular weight is 392 g/mol. The average Bonchev–Trinajstić information content (AvgIpc) is 2.38. The Morgan fingerprint density at radius 3 is 2.89 bits per heavy atom. The molecule has 1 aromatic carbocycles. The molecular formula is C14H15ClINO2. The molecular weight excluding hydrogens is 377 g/mol. The Morgan fingerprint density at radius 2 is 2.26 bits per heavy atom. The molecule has 1 aromatic rings. The molecule has 0 aromatic heterocycles. The van der Waals surface area contributed by atoms with E-state index in [1.165, 1.54) is 0 Å². The molecule has 5 heteroatoms. The molecule has 1 aliphatic rings.